The van der Waals surface area contributed by atoms with Crippen molar-refractivity contribution in [3.63, 3.8) is 0 Å². The summed E-state index contributed by atoms with van der Waals surface area (Å²) in [6.07, 6.45) is 11.2. The average Bonchev–Trinajstić information content (AvgIpc) is 3.20. The summed E-state index contributed by atoms with van der Waals surface area (Å²) in [5.41, 5.74) is 0. The molecule has 0 radical (unpaired) electrons. The second kappa shape index (κ2) is 7.68. The predicted molar refractivity (Wildman–Crippen MR) is 76.8 cm³/mol. The molecule has 1 amide bonds. The van der Waals surface area contributed by atoms with E-state index in [1.54, 1.807) is 6.08 Å². The molecule has 1 saturated carbocycles. The highest BCUT2D eigenvalue weighted by Crippen LogP contribution is 2.43. The van der Waals surface area contributed by atoms with Gasteiger partial charge in [0, 0.05) is 19.8 Å². The van der Waals surface area contributed by atoms with Crippen LogP contribution in [0.1, 0.15) is 45.4 Å². The number of carbonyl (C=O) groups is 1. The largest absolute Gasteiger partial charge is 0.381 e. The van der Waals surface area contributed by atoms with Gasteiger partial charge in [0.25, 0.3) is 0 Å². The van der Waals surface area contributed by atoms with Gasteiger partial charge in [-0.3, -0.25) is 4.79 Å². The fourth-order valence-corrected chi connectivity index (χ4v) is 2.77. The van der Waals surface area contributed by atoms with Crippen molar-refractivity contribution in [1.29, 1.82) is 0 Å². The maximum Gasteiger partial charge on any atom is 0.243 e. The molecule has 1 N–H and O–H groups in total. The second-order valence-corrected chi connectivity index (χ2v) is 5.96. The minimum atomic E-state index is 0.0765. The standard InChI is InChI=1S/C16H27NO2/c1-2-3-4-14-11-15(14)5-6-16(18)17-12-13-7-9-19-10-8-13/h5-6,13-15H,2-4,7-12H2,1H3,(H,17,18). The van der Waals surface area contributed by atoms with Crippen molar-refractivity contribution in [2.75, 3.05) is 19.8 Å². The van der Waals surface area contributed by atoms with Crippen molar-refractivity contribution in [3.05, 3.63) is 12.2 Å². The number of amides is 1. The Labute approximate surface area is 116 Å². The molecule has 2 fully saturated rings. The van der Waals surface area contributed by atoms with Gasteiger partial charge in [0.2, 0.25) is 5.91 Å². The van der Waals surface area contributed by atoms with Crippen LogP contribution in [0.3, 0.4) is 0 Å². The summed E-state index contributed by atoms with van der Waals surface area (Å²) < 4.78 is 5.31. The van der Waals surface area contributed by atoms with E-state index < -0.39 is 0 Å². The number of hydrogen-bond acceptors (Lipinski definition) is 2. The maximum absolute atomic E-state index is 11.7. The second-order valence-electron chi connectivity index (χ2n) is 5.96. The van der Waals surface area contributed by atoms with Gasteiger partial charge in [-0.1, -0.05) is 25.8 Å². The third-order valence-electron chi connectivity index (χ3n) is 4.31. The van der Waals surface area contributed by atoms with Gasteiger partial charge in [-0.15, -0.1) is 0 Å². The zero-order valence-corrected chi connectivity index (χ0v) is 12.1. The normalized spacial score (nSPS) is 27.6. The van der Waals surface area contributed by atoms with E-state index in [-0.39, 0.29) is 5.91 Å². The number of ether oxygens (including phenoxy) is 1. The van der Waals surface area contributed by atoms with Gasteiger partial charge in [-0.25, -0.2) is 0 Å². The average molecular weight is 265 g/mol. The van der Waals surface area contributed by atoms with E-state index in [0.717, 1.165) is 38.5 Å². The zero-order chi connectivity index (χ0) is 13.5. The van der Waals surface area contributed by atoms with Crippen molar-refractivity contribution in [2.24, 2.45) is 17.8 Å². The molecule has 3 nitrogen and oxygen atoms in total. The van der Waals surface area contributed by atoms with Crippen molar-refractivity contribution >= 4 is 5.91 Å². The molecular formula is C16H27NO2. The molecule has 0 aromatic rings. The zero-order valence-electron chi connectivity index (χ0n) is 12.1. The Morgan fingerprint density at radius 2 is 2.16 bits per heavy atom. The molecule has 0 bridgehead atoms. The van der Waals surface area contributed by atoms with Gasteiger partial charge in [0.15, 0.2) is 0 Å². The predicted octanol–water partition coefficient (Wildman–Crippen LogP) is 2.91. The van der Waals surface area contributed by atoms with Crippen LogP contribution >= 0.6 is 0 Å². The SMILES string of the molecule is CCCCC1CC1C=CC(=O)NCC1CCOCC1. The fourth-order valence-electron chi connectivity index (χ4n) is 2.77. The molecule has 1 heterocycles. The summed E-state index contributed by atoms with van der Waals surface area (Å²) in [5.74, 6) is 2.19. The molecule has 2 rings (SSSR count). The monoisotopic (exact) mass is 265 g/mol. The molecule has 2 aliphatic rings. The van der Waals surface area contributed by atoms with Gasteiger partial charge in [0.1, 0.15) is 0 Å². The first-order chi connectivity index (χ1) is 9.29. The molecule has 19 heavy (non-hydrogen) atoms. The Morgan fingerprint density at radius 3 is 2.89 bits per heavy atom. The summed E-state index contributed by atoms with van der Waals surface area (Å²) >= 11 is 0. The third-order valence-corrected chi connectivity index (χ3v) is 4.31. The molecule has 1 saturated heterocycles. The highest BCUT2D eigenvalue weighted by molar-refractivity contribution is 5.87. The van der Waals surface area contributed by atoms with Crippen molar-refractivity contribution in [1.82, 2.24) is 5.32 Å². The lowest BCUT2D eigenvalue weighted by atomic mass is 10.0. The molecule has 2 atom stereocenters. The Hall–Kier alpha value is -0.830. The van der Waals surface area contributed by atoms with Gasteiger partial charge in [0.05, 0.1) is 0 Å². The first-order valence-corrected chi connectivity index (χ1v) is 7.83. The van der Waals surface area contributed by atoms with E-state index in [1.165, 1.54) is 25.7 Å². The van der Waals surface area contributed by atoms with Crippen molar-refractivity contribution in [2.45, 2.75) is 45.4 Å². The lowest BCUT2D eigenvalue weighted by molar-refractivity contribution is -0.116. The molecule has 0 aromatic carbocycles. The molecule has 0 spiro atoms. The molecule has 0 aromatic heterocycles. The molecule has 3 heteroatoms. The number of nitrogens with one attached hydrogen (secondary N) is 1. The molecular weight excluding hydrogens is 238 g/mol. The molecule has 1 aliphatic carbocycles. The van der Waals surface area contributed by atoms with Crippen molar-refractivity contribution in [3.8, 4) is 0 Å². The van der Waals surface area contributed by atoms with Gasteiger partial charge >= 0.3 is 0 Å². The van der Waals surface area contributed by atoms with Crippen LogP contribution < -0.4 is 5.32 Å². The molecule has 108 valence electrons. The fraction of sp³-hybridized carbons (Fsp3) is 0.812. The van der Waals surface area contributed by atoms with Crippen LogP contribution in [0.15, 0.2) is 12.2 Å². The summed E-state index contributed by atoms with van der Waals surface area (Å²) in [5, 5.41) is 3.01. The Morgan fingerprint density at radius 1 is 1.37 bits per heavy atom. The Kier molecular flexibility index (Phi) is 5.90. The Balaban J connectivity index is 1.57. The summed E-state index contributed by atoms with van der Waals surface area (Å²) in [4.78, 5) is 11.7. The van der Waals surface area contributed by atoms with Crippen LogP contribution in [-0.2, 0) is 9.53 Å². The number of carbonyl (C=O) groups excluding carboxylic acids is 1. The van der Waals surface area contributed by atoms with E-state index in [2.05, 4.69) is 18.3 Å². The van der Waals surface area contributed by atoms with E-state index in [4.69, 9.17) is 4.74 Å². The molecule has 2 unspecified atom stereocenters. The van der Waals surface area contributed by atoms with Crippen LogP contribution in [-0.4, -0.2) is 25.7 Å². The van der Waals surface area contributed by atoms with Gasteiger partial charge in [-0.2, -0.15) is 0 Å². The number of allylic oxidation sites excluding steroid dienone is 1. The maximum atomic E-state index is 11.7. The first-order valence-electron chi connectivity index (χ1n) is 7.83. The summed E-state index contributed by atoms with van der Waals surface area (Å²) in [6.45, 7) is 4.72. The highest BCUT2D eigenvalue weighted by atomic mass is 16.5. The quantitative estimate of drug-likeness (QED) is 0.719. The third kappa shape index (κ3) is 5.35. The minimum absolute atomic E-state index is 0.0765. The van der Waals surface area contributed by atoms with E-state index in [9.17, 15) is 4.79 Å². The lowest BCUT2D eigenvalue weighted by Crippen LogP contribution is -2.31. The van der Waals surface area contributed by atoms with Crippen molar-refractivity contribution < 1.29 is 9.53 Å². The lowest BCUT2D eigenvalue weighted by Gasteiger charge is -2.21. The van der Waals surface area contributed by atoms with E-state index in [1.807, 2.05) is 0 Å². The summed E-state index contributed by atoms with van der Waals surface area (Å²) in [6, 6.07) is 0. The van der Waals surface area contributed by atoms with Crippen LogP contribution in [0.5, 0.6) is 0 Å². The molecule has 1 aliphatic heterocycles. The smallest absolute Gasteiger partial charge is 0.243 e. The number of rotatable bonds is 7. The van der Waals surface area contributed by atoms with Gasteiger partial charge < -0.3 is 10.1 Å². The van der Waals surface area contributed by atoms with E-state index >= 15 is 0 Å². The number of unbranched alkanes of at least 4 members (excludes halogenated alkanes) is 1. The minimum Gasteiger partial charge on any atom is -0.381 e. The van der Waals surface area contributed by atoms with Gasteiger partial charge in [-0.05, 0) is 49.5 Å². The Bertz CT molecular complexity index is 308. The van der Waals surface area contributed by atoms with Crippen LogP contribution in [0.2, 0.25) is 0 Å². The van der Waals surface area contributed by atoms with Crippen LogP contribution in [0, 0.1) is 17.8 Å². The van der Waals surface area contributed by atoms with E-state index in [0.29, 0.717) is 11.8 Å². The first kappa shape index (κ1) is 14.6. The number of hydrogen-bond donors (Lipinski definition) is 1. The van der Waals surface area contributed by atoms with Crippen LogP contribution in [0.4, 0.5) is 0 Å². The topological polar surface area (TPSA) is 38.3 Å². The summed E-state index contributed by atoms with van der Waals surface area (Å²) in [7, 11) is 0. The van der Waals surface area contributed by atoms with Crippen LogP contribution in [0.25, 0.3) is 0 Å². The highest BCUT2D eigenvalue weighted by Gasteiger charge is 2.33.